The number of benzene rings is 2. The fraction of sp³-hybridized carbons (Fsp3) is 0.562. The second kappa shape index (κ2) is 10.9. The molecule has 8 heteroatoms. The van der Waals surface area contributed by atoms with Gasteiger partial charge >= 0.3 is 0 Å². The Morgan fingerprint density at radius 2 is 2.00 bits per heavy atom. The molecule has 40 heavy (non-hydrogen) atoms. The monoisotopic (exact) mass is 584 g/mol. The van der Waals surface area contributed by atoms with Crippen molar-refractivity contribution in [2.24, 2.45) is 11.8 Å². The van der Waals surface area contributed by atoms with E-state index in [0.29, 0.717) is 24.5 Å². The van der Waals surface area contributed by atoms with Gasteiger partial charge in [-0.2, -0.15) is 0 Å². The van der Waals surface area contributed by atoms with Gasteiger partial charge in [0.25, 0.3) is 5.91 Å². The molecule has 2 aromatic carbocycles. The molecule has 2 aliphatic heterocycles. The average molecular weight is 585 g/mol. The number of hydrogen-bond acceptors (Lipinski definition) is 5. The van der Waals surface area contributed by atoms with Crippen LogP contribution in [-0.4, -0.2) is 52.1 Å². The molecule has 1 saturated carbocycles. The molecule has 2 N–H and O–H groups in total. The van der Waals surface area contributed by atoms with Gasteiger partial charge in [0, 0.05) is 34.3 Å². The number of halogens is 1. The molecule has 1 unspecified atom stereocenters. The second-order valence-corrected chi connectivity index (χ2v) is 15.2. The summed E-state index contributed by atoms with van der Waals surface area (Å²) >= 11 is 6.35. The number of aliphatic hydroxyl groups excluding tert-OH is 1. The van der Waals surface area contributed by atoms with Crippen LogP contribution < -0.4 is 14.4 Å². The SMILES string of the molecule is C=S1(=O)NC(=O)c2ccc3c(c2)N(C[C@@H]2CC[C@H]2[C@@H](O)CCCC[C@H]1CC)C[C@@]1(CCc2cc(Cl)ccc21)CO3. The van der Waals surface area contributed by atoms with Gasteiger partial charge in [0.05, 0.1) is 28.1 Å². The van der Waals surface area contributed by atoms with Gasteiger partial charge in [-0.25, -0.2) is 4.21 Å². The van der Waals surface area contributed by atoms with Crippen molar-refractivity contribution in [1.82, 2.24) is 4.72 Å². The molecule has 6 atom stereocenters. The molecule has 216 valence electrons. The lowest BCUT2D eigenvalue weighted by atomic mass is 9.69. The van der Waals surface area contributed by atoms with E-state index < -0.39 is 9.71 Å². The Labute approximate surface area is 243 Å². The van der Waals surface area contributed by atoms with Gasteiger partial charge in [0.15, 0.2) is 0 Å². The third-order valence-corrected chi connectivity index (χ3v) is 12.4. The number of aryl methyl sites for hydroxylation is 1. The number of amides is 1. The molecule has 1 amide bonds. The Kier molecular flexibility index (Phi) is 7.60. The van der Waals surface area contributed by atoms with Crippen LogP contribution in [0.2, 0.25) is 5.02 Å². The quantitative estimate of drug-likeness (QED) is 0.431. The largest absolute Gasteiger partial charge is 0.490 e. The average Bonchev–Trinajstić information content (AvgIpc) is 3.16. The molecular weight excluding hydrogens is 544 g/mol. The molecule has 1 spiro atoms. The van der Waals surface area contributed by atoms with Crippen molar-refractivity contribution in [3.8, 4) is 5.75 Å². The van der Waals surface area contributed by atoms with Gasteiger partial charge in [-0.15, -0.1) is 0 Å². The first-order valence-electron chi connectivity index (χ1n) is 14.9. The summed E-state index contributed by atoms with van der Waals surface area (Å²) in [4.78, 5) is 15.8. The van der Waals surface area contributed by atoms with Gasteiger partial charge in [-0.1, -0.05) is 37.4 Å². The van der Waals surface area contributed by atoms with E-state index in [9.17, 15) is 14.1 Å². The minimum absolute atomic E-state index is 0.184. The number of aliphatic hydroxyl groups is 1. The molecule has 2 heterocycles. The number of nitrogens with one attached hydrogen (secondary N) is 1. The highest BCUT2D eigenvalue weighted by Gasteiger charge is 2.45. The van der Waals surface area contributed by atoms with E-state index in [-0.39, 0.29) is 28.6 Å². The van der Waals surface area contributed by atoms with Crippen molar-refractivity contribution < 1.29 is 18.8 Å². The normalized spacial score (nSPS) is 34.2. The highest BCUT2D eigenvalue weighted by Crippen LogP contribution is 2.47. The van der Waals surface area contributed by atoms with Crippen molar-refractivity contribution in [2.75, 3.05) is 24.6 Å². The number of carbonyl (C=O) groups excluding carboxylic acids is 1. The van der Waals surface area contributed by atoms with Crippen molar-refractivity contribution in [2.45, 2.75) is 81.5 Å². The number of fused-ring (bicyclic) bond motifs is 4. The minimum atomic E-state index is -2.84. The highest BCUT2D eigenvalue weighted by atomic mass is 35.5. The zero-order valence-electron chi connectivity index (χ0n) is 23.4. The van der Waals surface area contributed by atoms with Crippen LogP contribution in [0.1, 0.15) is 79.8 Å². The third kappa shape index (κ3) is 5.14. The summed E-state index contributed by atoms with van der Waals surface area (Å²) in [5.74, 6) is 5.04. The first-order chi connectivity index (χ1) is 19.2. The Morgan fingerprint density at radius 1 is 1.18 bits per heavy atom. The van der Waals surface area contributed by atoms with Gasteiger partial charge in [0.2, 0.25) is 0 Å². The molecule has 6 nitrogen and oxygen atoms in total. The maximum atomic E-state index is 13.6. The Balaban J connectivity index is 1.39. The van der Waals surface area contributed by atoms with Crippen LogP contribution in [0.3, 0.4) is 0 Å². The third-order valence-electron chi connectivity index (χ3n) is 10.0. The molecular formula is C32H41ClN2O4S. The van der Waals surface area contributed by atoms with Crippen LogP contribution in [0.5, 0.6) is 5.75 Å². The van der Waals surface area contributed by atoms with E-state index >= 15 is 0 Å². The summed E-state index contributed by atoms with van der Waals surface area (Å²) in [6.07, 6.45) is 7.64. The highest BCUT2D eigenvalue weighted by molar-refractivity contribution is 7.99. The van der Waals surface area contributed by atoms with Crippen LogP contribution >= 0.6 is 11.6 Å². The second-order valence-electron chi connectivity index (χ2n) is 12.5. The summed E-state index contributed by atoms with van der Waals surface area (Å²) in [6.45, 7) is 4.12. The Hall–Kier alpha value is -2.22. The lowest BCUT2D eigenvalue weighted by molar-refractivity contribution is 0.00909. The molecule has 0 saturated heterocycles. The smallest absolute Gasteiger partial charge is 0.262 e. The number of anilines is 1. The Bertz CT molecular complexity index is 1400. The zero-order chi connectivity index (χ0) is 28.1. The fourth-order valence-corrected chi connectivity index (χ4v) is 9.40. The number of nitrogens with zero attached hydrogens (tertiary/aromatic N) is 1. The number of hydrogen-bond donors (Lipinski definition) is 2. The predicted molar refractivity (Wildman–Crippen MR) is 163 cm³/mol. The van der Waals surface area contributed by atoms with Gasteiger partial charge < -0.3 is 14.7 Å². The molecule has 2 aliphatic carbocycles. The van der Waals surface area contributed by atoms with Crippen LogP contribution in [0.4, 0.5) is 5.69 Å². The molecule has 1 fully saturated rings. The van der Waals surface area contributed by atoms with E-state index in [1.165, 1.54) is 11.1 Å². The van der Waals surface area contributed by atoms with Crippen LogP contribution in [0, 0.1) is 11.8 Å². The maximum absolute atomic E-state index is 13.6. The summed E-state index contributed by atoms with van der Waals surface area (Å²) in [6, 6.07) is 11.8. The van der Waals surface area contributed by atoms with Crippen LogP contribution in [0.25, 0.3) is 0 Å². The molecule has 0 radical (unpaired) electrons. The lowest BCUT2D eigenvalue weighted by Gasteiger charge is -2.44. The van der Waals surface area contributed by atoms with Gasteiger partial charge in [-0.3, -0.25) is 9.52 Å². The van der Waals surface area contributed by atoms with E-state index in [1.807, 2.05) is 25.1 Å². The van der Waals surface area contributed by atoms with Crippen molar-refractivity contribution >= 4 is 38.8 Å². The van der Waals surface area contributed by atoms with Crippen molar-refractivity contribution in [3.63, 3.8) is 0 Å². The van der Waals surface area contributed by atoms with E-state index in [4.69, 9.17) is 16.3 Å². The first kappa shape index (κ1) is 27.9. The molecule has 6 rings (SSSR count). The van der Waals surface area contributed by atoms with E-state index in [1.54, 1.807) is 6.07 Å². The van der Waals surface area contributed by atoms with E-state index in [0.717, 1.165) is 80.9 Å². The number of rotatable bonds is 1. The number of ether oxygens (including phenoxy) is 1. The van der Waals surface area contributed by atoms with Crippen molar-refractivity contribution in [3.05, 3.63) is 58.1 Å². The molecule has 4 aliphatic rings. The minimum Gasteiger partial charge on any atom is -0.490 e. The topological polar surface area (TPSA) is 78.9 Å². The molecule has 0 aromatic heterocycles. The summed E-state index contributed by atoms with van der Waals surface area (Å²) < 4.78 is 22.9. The van der Waals surface area contributed by atoms with Gasteiger partial charge in [0.1, 0.15) is 5.75 Å². The first-order valence-corrected chi connectivity index (χ1v) is 17.0. The number of carbonyl (C=O) groups is 1. The summed E-state index contributed by atoms with van der Waals surface area (Å²) in [5, 5.41) is 11.7. The molecule has 2 bridgehead atoms. The van der Waals surface area contributed by atoms with Crippen LogP contribution in [0.15, 0.2) is 36.4 Å². The fourth-order valence-electron chi connectivity index (χ4n) is 7.53. The van der Waals surface area contributed by atoms with Crippen LogP contribution in [-0.2, 0) is 21.5 Å². The zero-order valence-corrected chi connectivity index (χ0v) is 24.9. The maximum Gasteiger partial charge on any atom is 0.262 e. The Morgan fingerprint density at radius 3 is 2.77 bits per heavy atom. The van der Waals surface area contributed by atoms with Gasteiger partial charge in [-0.05, 0) is 104 Å². The lowest BCUT2D eigenvalue weighted by Crippen LogP contribution is -2.48. The predicted octanol–water partition coefficient (Wildman–Crippen LogP) is 5.52. The standard InChI is InChI=1S/C32H41ClN2O4S/c1-3-25-6-4-5-7-29(36)26-11-8-23(26)18-35-19-32(15-14-21-16-24(33)10-12-27(21)32)20-39-30-13-9-22(17-28(30)35)31(37)34-40(25,2)38/h9-10,12-13,16-17,23,25-26,29,36H,2-8,11,14-15,18-20H2,1H3,(H,34,37,38)/t23-,25+,26+,29-,32-,40?/m0/s1. The summed E-state index contributed by atoms with van der Waals surface area (Å²) in [7, 11) is -2.84. The summed E-state index contributed by atoms with van der Waals surface area (Å²) in [5.41, 5.74) is 3.74. The van der Waals surface area contributed by atoms with Crippen molar-refractivity contribution in [1.29, 1.82) is 0 Å². The van der Waals surface area contributed by atoms with E-state index in [2.05, 4.69) is 27.6 Å². The molecule has 2 aromatic rings.